The van der Waals surface area contributed by atoms with Crippen molar-refractivity contribution in [3.63, 3.8) is 0 Å². The lowest BCUT2D eigenvalue weighted by Gasteiger charge is -2.33. The summed E-state index contributed by atoms with van der Waals surface area (Å²) in [6.07, 6.45) is 11.3. The molecule has 3 aliphatic rings. The van der Waals surface area contributed by atoms with Gasteiger partial charge in [0.25, 0.3) is 0 Å². The SMILES string of the molecule is CC1CCCCN1CCCNC(=O)C1CC(=O)N(C2CCCCC2)C1. The van der Waals surface area contributed by atoms with Crippen LogP contribution in [0.15, 0.2) is 0 Å². The molecule has 0 spiro atoms. The number of hydrogen-bond acceptors (Lipinski definition) is 3. The van der Waals surface area contributed by atoms with Crippen molar-refractivity contribution in [1.29, 1.82) is 0 Å². The van der Waals surface area contributed by atoms with Gasteiger partial charge in [-0.1, -0.05) is 25.7 Å². The monoisotopic (exact) mass is 349 g/mol. The summed E-state index contributed by atoms with van der Waals surface area (Å²) in [5.41, 5.74) is 0. The van der Waals surface area contributed by atoms with E-state index in [9.17, 15) is 9.59 Å². The van der Waals surface area contributed by atoms with Gasteiger partial charge in [-0.05, 0) is 45.6 Å². The van der Waals surface area contributed by atoms with E-state index < -0.39 is 0 Å². The maximum Gasteiger partial charge on any atom is 0.225 e. The first kappa shape index (κ1) is 18.7. The highest BCUT2D eigenvalue weighted by atomic mass is 16.2. The van der Waals surface area contributed by atoms with E-state index in [-0.39, 0.29) is 17.7 Å². The van der Waals surface area contributed by atoms with E-state index in [0.717, 1.165) is 32.4 Å². The minimum Gasteiger partial charge on any atom is -0.356 e. The highest BCUT2D eigenvalue weighted by Crippen LogP contribution is 2.28. The molecule has 142 valence electrons. The van der Waals surface area contributed by atoms with Crippen LogP contribution in [0.3, 0.4) is 0 Å². The van der Waals surface area contributed by atoms with Crippen LogP contribution in [0.2, 0.25) is 0 Å². The number of carbonyl (C=O) groups excluding carboxylic acids is 2. The third-order valence-electron chi connectivity index (χ3n) is 6.41. The largest absolute Gasteiger partial charge is 0.356 e. The molecule has 2 aliphatic heterocycles. The fourth-order valence-corrected chi connectivity index (χ4v) is 4.78. The van der Waals surface area contributed by atoms with Gasteiger partial charge < -0.3 is 15.1 Å². The smallest absolute Gasteiger partial charge is 0.225 e. The van der Waals surface area contributed by atoms with Gasteiger partial charge in [0.2, 0.25) is 11.8 Å². The quantitative estimate of drug-likeness (QED) is 0.750. The molecule has 2 saturated heterocycles. The maximum absolute atomic E-state index is 12.4. The molecule has 3 fully saturated rings. The van der Waals surface area contributed by atoms with Crippen molar-refractivity contribution in [3.05, 3.63) is 0 Å². The Bertz CT molecular complexity index is 462. The molecule has 2 atom stereocenters. The molecule has 1 N–H and O–H groups in total. The first-order chi connectivity index (χ1) is 12.1. The first-order valence-electron chi connectivity index (χ1n) is 10.5. The molecule has 0 radical (unpaired) electrons. The van der Waals surface area contributed by atoms with Gasteiger partial charge >= 0.3 is 0 Å². The molecule has 5 nitrogen and oxygen atoms in total. The molecular weight excluding hydrogens is 314 g/mol. The third kappa shape index (κ3) is 4.96. The molecule has 0 aromatic carbocycles. The number of carbonyl (C=O) groups is 2. The van der Waals surface area contributed by atoms with Gasteiger partial charge in [0, 0.05) is 38.1 Å². The van der Waals surface area contributed by atoms with Crippen LogP contribution >= 0.6 is 0 Å². The number of hydrogen-bond donors (Lipinski definition) is 1. The molecule has 0 aromatic rings. The average molecular weight is 350 g/mol. The Kier molecular flexibility index (Phi) is 6.74. The number of likely N-dealkylation sites (tertiary alicyclic amines) is 2. The second kappa shape index (κ2) is 9.02. The zero-order valence-corrected chi connectivity index (χ0v) is 15.8. The zero-order chi connectivity index (χ0) is 17.6. The summed E-state index contributed by atoms with van der Waals surface area (Å²) in [6, 6.07) is 1.07. The van der Waals surface area contributed by atoms with Crippen LogP contribution in [-0.2, 0) is 9.59 Å². The molecule has 5 heteroatoms. The molecule has 3 rings (SSSR count). The van der Waals surface area contributed by atoms with Gasteiger partial charge in [0.1, 0.15) is 0 Å². The van der Waals surface area contributed by atoms with Gasteiger partial charge in [-0.25, -0.2) is 0 Å². The summed E-state index contributed by atoms with van der Waals surface area (Å²) in [5, 5.41) is 3.08. The van der Waals surface area contributed by atoms with E-state index in [1.54, 1.807) is 0 Å². The van der Waals surface area contributed by atoms with E-state index in [0.29, 0.717) is 25.0 Å². The van der Waals surface area contributed by atoms with Gasteiger partial charge in [-0.2, -0.15) is 0 Å². The zero-order valence-electron chi connectivity index (χ0n) is 15.8. The lowest BCUT2D eigenvalue weighted by atomic mass is 9.94. The van der Waals surface area contributed by atoms with Crippen LogP contribution in [0.25, 0.3) is 0 Å². The minimum absolute atomic E-state index is 0.0818. The van der Waals surface area contributed by atoms with Crippen molar-refractivity contribution in [2.24, 2.45) is 5.92 Å². The predicted molar refractivity (Wildman–Crippen MR) is 99.2 cm³/mol. The number of piperidine rings is 1. The van der Waals surface area contributed by atoms with E-state index in [1.807, 2.05) is 4.90 Å². The topological polar surface area (TPSA) is 52.7 Å². The third-order valence-corrected chi connectivity index (χ3v) is 6.41. The maximum atomic E-state index is 12.4. The van der Waals surface area contributed by atoms with Gasteiger partial charge in [-0.15, -0.1) is 0 Å². The summed E-state index contributed by atoms with van der Waals surface area (Å²) < 4.78 is 0. The molecule has 2 amide bonds. The standard InChI is InChI=1S/C20H35N3O2/c1-16-8-5-6-12-22(16)13-7-11-21-20(25)17-14-19(24)23(15-17)18-9-3-2-4-10-18/h16-18H,2-15H2,1H3,(H,21,25). The summed E-state index contributed by atoms with van der Waals surface area (Å²) in [5.74, 6) is 0.135. The van der Waals surface area contributed by atoms with Crippen molar-refractivity contribution in [3.8, 4) is 0 Å². The van der Waals surface area contributed by atoms with E-state index in [1.165, 1.54) is 45.1 Å². The fraction of sp³-hybridized carbons (Fsp3) is 0.900. The second-order valence-electron chi connectivity index (χ2n) is 8.26. The number of rotatable bonds is 6. The highest BCUT2D eigenvalue weighted by Gasteiger charge is 2.37. The van der Waals surface area contributed by atoms with Crippen molar-refractivity contribution >= 4 is 11.8 Å². The highest BCUT2D eigenvalue weighted by molar-refractivity contribution is 5.89. The Morgan fingerprint density at radius 1 is 1.12 bits per heavy atom. The molecule has 1 saturated carbocycles. The van der Waals surface area contributed by atoms with E-state index in [2.05, 4.69) is 17.1 Å². The lowest BCUT2D eigenvalue weighted by molar-refractivity contribution is -0.130. The van der Waals surface area contributed by atoms with E-state index >= 15 is 0 Å². The molecule has 0 aromatic heterocycles. The Morgan fingerprint density at radius 2 is 1.88 bits per heavy atom. The second-order valence-corrected chi connectivity index (χ2v) is 8.26. The Labute approximate surface area is 152 Å². The minimum atomic E-state index is -0.136. The summed E-state index contributed by atoms with van der Waals surface area (Å²) in [7, 11) is 0. The molecule has 2 heterocycles. The molecule has 25 heavy (non-hydrogen) atoms. The summed E-state index contributed by atoms with van der Waals surface area (Å²) in [6.45, 7) is 5.94. The Morgan fingerprint density at radius 3 is 2.64 bits per heavy atom. The summed E-state index contributed by atoms with van der Waals surface area (Å²) >= 11 is 0. The van der Waals surface area contributed by atoms with Gasteiger partial charge in [-0.3, -0.25) is 9.59 Å². The summed E-state index contributed by atoms with van der Waals surface area (Å²) in [4.78, 5) is 29.3. The van der Waals surface area contributed by atoms with Crippen molar-refractivity contribution in [2.45, 2.75) is 83.2 Å². The molecule has 2 unspecified atom stereocenters. The van der Waals surface area contributed by atoms with Crippen molar-refractivity contribution < 1.29 is 9.59 Å². The van der Waals surface area contributed by atoms with Crippen LogP contribution in [0.1, 0.15) is 71.1 Å². The first-order valence-corrected chi connectivity index (χ1v) is 10.5. The Balaban J connectivity index is 1.36. The molecule has 1 aliphatic carbocycles. The van der Waals surface area contributed by atoms with Gasteiger partial charge in [0.15, 0.2) is 0 Å². The number of nitrogens with zero attached hydrogens (tertiary/aromatic N) is 2. The fourth-order valence-electron chi connectivity index (χ4n) is 4.78. The average Bonchev–Trinajstić information content (AvgIpc) is 3.02. The van der Waals surface area contributed by atoms with Crippen LogP contribution < -0.4 is 5.32 Å². The van der Waals surface area contributed by atoms with Crippen molar-refractivity contribution in [2.75, 3.05) is 26.2 Å². The predicted octanol–water partition coefficient (Wildman–Crippen LogP) is 2.55. The Hall–Kier alpha value is -1.10. The van der Waals surface area contributed by atoms with Crippen LogP contribution in [0.4, 0.5) is 0 Å². The number of amides is 2. The normalized spacial score (nSPS) is 29.2. The van der Waals surface area contributed by atoms with Crippen LogP contribution in [-0.4, -0.2) is 59.9 Å². The van der Waals surface area contributed by atoms with Crippen LogP contribution in [0.5, 0.6) is 0 Å². The van der Waals surface area contributed by atoms with Crippen LogP contribution in [0, 0.1) is 5.92 Å². The lowest BCUT2D eigenvalue weighted by Crippen LogP contribution is -2.40. The van der Waals surface area contributed by atoms with Gasteiger partial charge in [0.05, 0.1) is 5.92 Å². The van der Waals surface area contributed by atoms with E-state index in [4.69, 9.17) is 0 Å². The van der Waals surface area contributed by atoms with Crippen molar-refractivity contribution in [1.82, 2.24) is 15.1 Å². The number of nitrogens with one attached hydrogen (secondary N) is 1. The molecular formula is C20H35N3O2. The molecule has 0 bridgehead atoms.